The lowest BCUT2D eigenvalue weighted by Gasteiger charge is -2.39. The molecule has 0 saturated carbocycles. The van der Waals surface area contributed by atoms with Gasteiger partial charge in [-0.05, 0) is 38.5 Å². The van der Waals surface area contributed by atoms with Crippen LogP contribution in [0.25, 0.3) is 0 Å². The van der Waals surface area contributed by atoms with Crippen LogP contribution in [0.2, 0.25) is 0 Å². The third-order valence-electron chi connectivity index (χ3n) is 2.79. The fourth-order valence-electron chi connectivity index (χ4n) is 2.40. The molecule has 2 atom stereocenters. The molecule has 0 aromatic rings. The highest BCUT2D eigenvalue weighted by Crippen LogP contribution is 2.33. The van der Waals surface area contributed by atoms with E-state index < -0.39 is 0 Å². The Morgan fingerprint density at radius 2 is 2.23 bits per heavy atom. The summed E-state index contributed by atoms with van der Waals surface area (Å²) in [7, 11) is 0. The van der Waals surface area contributed by atoms with Crippen molar-refractivity contribution in [2.75, 3.05) is 6.54 Å². The highest BCUT2D eigenvalue weighted by atomic mass is 16.5. The quantitative estimate of drug-likeness (QED) is 0.732. The first-order valence-corrected chi connectivity index (χ1v) is 5.43. The zero-order valence-corrected chi connectivity index (χ0v) is 9.18. The van der Waals surface area contributed by atoms with Gasteiger partial charge in [-0.1, -0.05) is 13.8 Å². The van der Waals surface area contributed by atoms with E-state index in [1.807, 2.05) is 0 Å². The number of ether oxygens (including phenoxy) is 1. The van der Waals surface area contributed by atoms with Gasteiger partial charge in [-0.2, -0.15) is 0 Å². The molecule has 78 valence electrons. The first-order valence-electron chi connectivity index (χ1n) is 5.43. The highest BCUT2D eigenvalue weighted by Gasteiger charge is 2.32. The van der Waals surface area contributed by atoms with Crippen LogP contribution in [-0.4, -0.2) is 18.2 Å². The molecule has 1 heterocycles. The van der Waals surface area contributed by atoms with Crippen molar-refractivity contribution in [3.8, 4) is 0 Å². The fraction of sp³-hybridized carbons (Fsp3) is 1.00. The van der Waals surface area contributed by atoms with Crippen LogP contribution in [0, 0.1) is 5.92 Å². The van der Waals surface area contributed by atoms with Crippen LogP contribution in [0.4, 0.5) is 0 Å². The van der Waals surface area contributed by atoms with E-state index in [0.29, 0.717) is 18.6 Å². The molecule has 1 aliphatic rings. The van der Waals surface area contributed by atoms with Crippen LogP contribution in [0.5, 0.6) is 0 Å². The SMILES string of the molecule is CC(C)CC1(C)CCCC(CN)O1. The predicted octanol–water partition coefficient (Wildman–Crippen LogP) is 2.32. The maximum absolute atomic E-state index is 6.01. The zero-order chi connectivity index (χ0) is 9.90. The first kappa shape index (κ1) is 11.0. The minimum Gasteiger partial charge on any atom is -0.371 e. The van der Waals surface area contributed by atoms with E-state index in [1.165, 1.54) is 12.8 Å². The Hall–Kier alpha value is -0.0800. The lowest BCUT2D eigenvalue weighted by molar-refractivity contribution is -0.122. The van der Waals surface area contributed by atoms with Crippen molar-refractivity contribution in [3.05, 3.63) is 0 Å². The van der Waals surface area contributed by atoms with Gasteiger partial charge in [-0.15, -0.1) is 0 Å². The number of nitrogens with two attached hydrogens (primary N) is 1. The van der Waals surface area contributed by atoms with Gasteiger partial charge in [0.05, 0.1) is 11.7 Å². The van der Waals surface area contributed by atoms with Crippen molar-refractivity contribution in [1.82, 2.24) is 0 Å². The van der Waals surface area contributed by atoms with Gasteiger partial charge in [-0.3, -0.25) is 0 Å². The summed E-state index contributed by atoms with van der Waals surface area (Å²) in [6.45, 7) is 7.41. The molecule has 0 bridgehead atoms. The van der Waals surface area contributed by atoms with Crippen LogP contribution < -0.4 is 5.73 Å². The summed E-state index contributed by atoms with van der Waals surface area (Å²) in [6.07, 6.45) is 5.07. The van der Waals surface area contributed by atoms with Crippen molar-refractivity contribution in [3.63, 3.8) is 0 Å². The van der Waals surface area contributed by atoms with Crippen molar-refractivity contribution >= 4 is 0 Å². The molecular formula is C11H23NO. The minimum absolute atomic E-state index is 0.0937. The molecule has 0 radical (unpaired) electrons. The molecule has 0 aliphatic carbocycles. The van der Waals surface area contributed by atoms with E-state index in [2.05, 4.69) is 20.8 Å². The Morgan fingerprint density at radius 3 is 2.77 bits per heavy atom. The summed E-state index contributed by atoms with van der Waals surface area (Å²) in [5, 5.41) is 0. The van der Waals surface area contributed by atoms with Gasteiger partial charge in [0.1, 0.15) is 0 Å². The van der Waals surface area contributed by atoms with E-state index >= 15 is 0 Å². The predicted molar refractivity (Wildman–Crippen MR) is 55.6 cm³/mol. The van der Waals surface area contributed by atoms with Gasteiger partial charge in [0.25, 0.3) is 0 Å². The Kier molecular flexibility index (Phi) is 3.74. The standard InChI is InChI=1S/C11H23NO/c1-9(2)7-11(3)6-4-5-10(8-12)13-11/h9-10H,4-8,12H2,1-3H3. The van der Waals surface area contributed by atoms with Crippen LogP contribution >= 0.6 is 0 Å². The average molecular weight is 185 g/mol. The van der Waals surface area contributed by atoms with E-state index in [9.17, 15) is 0 Å². The lowest BCUT2D eigenvalue weighted by Crippen LogP contribution is -2.42. The van der Waals surface area contributed by atoms with Crippen molar-refractivity contribution in [2.45, 2.75) is 58.2 Å². The molecular weight excluding hydrogens is 162 g/mol. The lowest BCUT2D eigenvalue weighted by atomic mass is 9.86. The topological polar surface area (TPSA) is 35.2 Å². The molecule has 1 rings (SSSR count). The molecule has 0 amide bonds. The molecule has 1 aliphatic heterocycles. The normalized spacial score (nSPS) is 35.3. The zero-order valence-electron chi connectivity index (χ0n) is 9.18. The second-order valence-electron chi connectivity index (χ2n) is 4.92. The molecule has 2 nitrogen and oxygen atoms in total. The number of hydrogen-bond acceptors (Lipinski definition) is 2. The number of hydrogen-bond donors (Lipinski definition) is 1. The summed E-state index contributed by atoms with van der Waals surface area (Å²) < 4.78 is 6.01. The second-order valence-corrected chi connectivity index (χ2v) is 4.92. The van der Waals surface area contributed by atoms with Gasteiger partial charge in [0, 0.05) is 6.54 Å². The maximum atomic E-state index is 6.01. The van der Waals surface area contributed by atoms with Crippen molar-refractivity contribution in [2.24, 2.45) is 11.7 Å². The van der Waals surface area contributed by atoms with Gasteiger partial charge < -0.3 is 10.5 Å². The highest BCUT2D eigenvalue weighted by molar-refractivity contribution is 4.83. The molecule has 0 spiro atoms. The van der Waals surface area contributed by atoms with Crippen LogP contribution in [0.3, 0.4) is 0 Å². The Balaban J connectivity index is 2.47. The Bertz CT molecular complexity index is 158. The van der Waals surface area contributed by atoms with Crippen molar-refractivity contribution < 1.29 is 4.74 Å². The first-order chi connectivity index (χ1) is 6.06. The van der Waals surface area contributed by atoms with Crippen LogP contribution in [0.1, 0.15) is 46.5 Å². The second kappa shape index (κ2) is 4.43. The largest absolute Gasteiger partial charge is 0.371 e. The Morgan fingerprint density at radius 1 is 1.54 bits per heavy atom. The minimum atomic E-state index is 0.0937. The Labute approximate surface area is 81.8 Å². The average Bonchev–Trinajstić information content (AvgIpc) is 2.02. The molecule has 2 unspecified atom stereocenters. The maximum Gasteiger partial charge on any atom is 0.0704 e. The van der Waals surface area contributed by atoms with E-state index in [-0.39, 0.29) is 5.60 Å². The third-order valence-corrected chi connectivity index (χ3v) is 2.79. The summed E-state index contributed by atoms with van der Waals surface area (Å²) in [4.78, 5) is 0. The summed E-state index contributed by atoms with van der Waals surface area (Å²) in [6, 6.07) is 0. The molecule has 0 aromatic heterocycles. The van der Waals surface area contributed by atoms with Gasteiger partial charge in [0.15, 0.2) is 0 Å². The molecule has 13 heavy (non-hydrogen) atoms. The molecule has 2 heteroatoms. The van der Waals surface area contributed by atoms with Gasteiger partial charge in [0.2, 0.25) is 0 Å². The monoisotopic (exact) mass is 185 g/mol. The van der Waals surface area contributed by atoms with Gasteiger partial charge in [-0.25, -0.2) is 0 Å². The van der Waals surface area contributed by atoms with Gasteiger partial charge >= 0.3 is 0 Å². The third kappa shape index (κ3) is 3.28. The van der Waals surface area contributed by atoms with E-state index in [1.54, 1.807) is 0 Å². The molecule has 0 aromatic carbocycles. The number of rotatable bonds is 3. The molecule has 2 N–H and O–H groups in total. The molecule has 1 fully saturated rings. The van der Waals surface area contributed by atoms with Crippen LogP contribution in [-0.2, 0) is 4.74 Å². The van der Waals surface area contributed by atoms with Crippen LogP contribution in [0.15, 0.2) is 0 Å². The summed E-state index contributed by atoms with van der Waals surface area (Å²) in [5.41, 5.74) is 5.72. The van der Waals surface area contributed by atoms with Crippen molar-refractivity contribution in [1.29, 1.82) is 0 Å². The summed E-state index contributed by atoms with van der Waals surface area (Å²) in [5.74, 6) is 0.710. The van der Waals surface area contributed by atoms with E-state index in [4.69, 9.17) is 10.5 Å². The van der Waals surface area contributed by atoms with E-state index in [0.717, 1.165) is 12.8 Å². The summed E-state index contributed by atoms with van der Waals surface area (Å²) >= 11 is 0. The molecule has 1 saturated heterocycles. The fourth-order valence-corrected chi connectivity index (χ4v) is 2.40. The smallest absolute Gasteiger partial charge is 0.0704 e.